The Morgan fingerprint density at radius 2 is 1.68 bits per heavy atom. The van der Waals surface area contributed by atoms with E-state index in [2.05, 4.69) is 13.0 Å². The first-order valence-corrected chi connectivity index (χ1v) is 11.9. The van der Waals surface area contributed by atoms with Crippen molar-refractivity contribution in [2.24, 2.45) is 10.8 Å². The predicted molar refractivity (Wildman–Crippen MR) is 136 cm³/mol. The Balaban J connectivity index is 1.54. The van der Waals surface area contributed by atoms with Gasteiger partial charge >= 0.3 is 5.97 Å². The molecule has 3 aromatic rings. The van der Waals surface area contributed by atoms with Crippen molar-refractivity contribution in [3.63, 3.8) is 0 Å². The summed E-state index contributed by atoms with van der Waals surface area (Å²) in [5.41, 5.74) is 3.77. The van der Waals surface area contributed by atoms with Gasteiger partial charge in [-0.25, -0.2) is 4.79 Å². The highest BCUT2D eigenvalue weighted by molar-refractivity contribution is 6.01. The van der Waals surface area contributed by atoms with Gasteiger partial charge in [0.15, 0.2) is 5.69 Å². The molecule has 1 heterocycles. The molecule has 0 spiro atoms. The number of hydrogen-bond acceptors (Lipinski definition) is 5. The Labute approximate surface area is 201 Å². The first-order chi connectivity index (χ1) is 16.5. The van der Waals surface area contributed by atoms with Crippen LogP contribution in [-0.4, -0.2) is 18.4 Å². The summed E-state index contributed by atoms with van der Waals surface area (Å²) in [5, 5.41) is 0. The predicted octanol–water partition coefficient (Wildman–Crippen LogP) is 5.98. The SMILES string of the molecule is CCCCC1=Nc2ccccc2[N+]1(N)Cc1ccc(OC(C(=O)OCC)c2ccccc2)cc1. The molecule has 0 radical (unpaired) electrons. The summed E-state index contributed by atoms with van der Waals surface area (Å²) in [5.74, 6) is 8.14. The van der Waals surface area contributed by atoms with E-state index in [1.165, 1.54) is 0 Å². The summed E-state index contributed by atoms with van der Waals surface area (Å²) in [6.45, 7) is 4.84. The van der Waals surface area contributed by atoms with Crippen LogP contribution in [0.2, 0.25) is 0 Å². The first kappa shape index (κ1) is 23.7. The number of benzene rings is 3. The van der Waals surface area contributed by atoms with E-state index in [9.17, 15) is 4.79 Å². The van der Waals surface area contributed by atoms with Crippen molar-refractivity contribution in [1.29, 1.82) is 0 Å². The van der Waals surface area contributed by atoms with Gasteiger partial charge in [0, 0.05) is 23.6 Å². The molecule has 0 saturated heterocycles. The summed E-state index contributed by atoms with van der Waals surface area (Å²) in [4.78, 5) is 17.4. The number of carbonyl (C=O) groups excluding carboxylic acids is 1. The van der Waals surface area contributed by atoms with Crippen LogP contribution in [0.15, 0.2) is 83.9 Å². The van der Waals surface area contributed by atoms with Crippen LogP contribution < -0.4 is 15.2 Å². The molecule has 6 heteroatoms. The fourth-order valence-corrected chi connectivity index (χ4v) is 4.23. The number of nitrogens with zero attached hydrogens (tertiary/aromatic N) is 2. The minimum absolute atomic E-state index is 0.186. The number of aliphatic imine (C=N–C) groups is 1. The van der Waals surface area contributed by atoms with Gasteiger partial charge in [-0.3, -0.25) is 0 Å². The third kappa shape index (κ3) is 5.03. The third-order valence-corrected chi connectivity index (χ3v) is 5.99. The van der Waals surface area contributed by atoms with Crippen molar-refractivity contribution in [1.82, 2.24) is 4.59 Å². The molecular weight excluding hydrogens is 426 g/mol. The lowest BCUT2D eigenvalue weighted by atomic mass is 10.1. The molecular formula is C28H32N3O3+. The fourth-order valence-electron chi connectivity index (χ4n) is 4.23. The maximum atomic E-state index is 12.5. The van der Waals surface area contributed by atoms with Gasteiger partial charge in [0.2, 0.25) is 11.9 Å². The first-order valence-electron chi connectivity index (χ1n) is 11.9. The van der Waals surface area contributed by atoms with Gasteiger partial charge in [0.05, 0.1) is 6.61 Å². The Kier molecular flexibility index (Phi) is 7.40. The molecule has 0 aromatic heterocycles. The van der Waals surface area contributed by atoms with Gasteiger partial charge in [-0.2, -0.15) is 15.4 Å². The van der Waals surface area contributed by atoms with Crippen molar-refractivity contribution in [3.05, 3.63) is 90.0 Å². The zero-order valence-electron chi connectivity index (χ0n) is 19.8. The lowest BCUT2D eigenvalue weighted by Crippen LogP contribution is -2.57. The van der Waals surface area contributed by atoms with E-state index >= 15 is 0 Å². The average Bonchev–Trinajstić information content (AvgIpc) is 3.14. The standard InChI is InChI=1S/C28H32N3O3/c1-3-5-15-26-30-24-13-9-10-14-25(24)31(26,29)20-21-16-18-23(19-17-21)34-27(28(32)33-4-2)22-11-7-6-8-12-22/h6-14,16-19,27H,3-5,15,20,29H2,1-2H3/q+1. The Hall–Kier alpha value is -3.48. The average molecular weight is 459 g/mol. The number of rotatable bonds is 10. The highest BCUT2D eigenvalue weighted by Gasteiger charge is 2.41. The highest BCUT2D eigenvalue weighted by Crippen LogP contribution is 2.40. The lowest BCUT2D eigenvalue weighted by Gasteiger charge is -2.29. The van der Waals surface area contributed by atoms with E-state index in [1.54, 1.807) is 6.92 Å². The molecule has 1 aliphatic rings. The fraction of sp³-hybridized carbons (Fsp3) is 0.286. The quantitative estimate of drug-likeness (QED) is 0.230. The van der Waals surface area contributed by atoms with Crippen molar-refractivity contribution >= 4 is 23.2 Å². The number of para-hydroxylation sites is 2. The smallest absolute Gasteiger partial charge is 0.352 e. The molecule has 34 heavy (non-hydrogen) atoms. The second kappa shape index (κ2) is 10.6. The molecule has 2 unspecified atom stereocenters. The number of unbranched alkanes of at least 4 members (excludes halogenated alkanes) is 1. The van der Waals surface area contributed by atoms with Crippen molar-refractivity contribution in [3.8, 4) is 5.75 Å². The van der Waals surface area contributed by atoms with Crippen LogP contribution in [0.5, 0.6) is 5.75 Å². The summed E-state index contributed by atoms with van der Waals surface area (Å²) >= 11 is 0. The molecule has 2 atom stereocenters. The molecule has 0 bridgehead atoms. The zero-order valence-corrected chi connectivity index (χ0v) is 19.8. The summed E-state index contributed by atoms with van der Waals surface area (Å²) < 4.78 is 11.5. The molecule has 0 fully saturated rings. The molecule has 0 saturated carbocycles. The molecule has 3 aromatic carbocycles. The number of esters is 1. The number of carbonyl (C=O) groups is 1. The highest BCUT2D eigenvalue weighted by atomic mass is 16.6. The van der Waals surface area contributed by atoms with Gasteiger partial charge in [0.25, 0.3) is 0 Å². The Morgan fingerprint density at radius 3 is 2.38 bits per heavy atom. The molecule has 0 aliphatic carbocycles. The van der Waals surface area contributed by atoms with E-state index in [-0.39, 0.29) is 4.59 Å². The number of ether oxygens (including phenoxy) is 2. The van der Waals surface area contributed by atoms with Crippen LogP contribution in [0, 0.1) is 0 Å². The minimum atomic E-state index is -0.821. The molecule has 176 valence electrons. The Bertz CT molecular complexity index is 1150. The third-order valence-electron chi connectivity index (χ3n) is 5.99. The van der Waals surface area contributed by atoms with E-state index in [0.717, 1.165) is 47.6 Å². The second-order valence-electron chi connectivity index (χ2n) is 8.45. The van der Waals surface area contributed by atoms with Crippen molar-refractivity contribution in [2.45, 2.75) is 45.8 Å². The van der Waals surface area contributed by atoms with Gasteiger partial charge < -0.3 is 9.47 Å². The maximum Gasteiger partial charge on any atom is 0.352 e. The van der Waals surface area contributed by atoms with Crippen molar-refractivity contribution in [2.75, 3.05) is 6.61 Å². The normalized spacial score (nSPS) is 17.6. The number of amidine groups is 1. The van der Waals surface area contributed by atoms with Crippen LogP contribution in [0.4, 0.5) is 11.4 Å². The molecule has 1 aliphatic heterocycles. The van der Waals surface area contributed by atoms with E-state index in [1.807, 2.05) is 72.8 Å². The largest absolute Gasteiger partial charge is 0.474 e. The number of hydrogen-bond donors (Lipinski definition) is 1. The minimum Gasteiger partial charge on any atom is -0.474 e. The summed E-state index contributed by atoms with van der Waals surface area (Å²) in [7, 11) is 0. The van der Waals surface area contributed by atoms with Crippen molar-refractivity contribution < 1.29 is 14.3 Å². The van der Waals surface area contributed by atoms with Crippen LogP contribution in [-0.2, 0) is 16.1 Å². The number of quaternary nitrogens is 1. The topological polar surface area (TPSA) is 73.9 Å². The molecule has 4 rings (SSSR count). The molecule has 6 nitrogen and oxygen atoms in total. The second-order valence-corrected chi connectivity index (χ2v) is 8.45. The van der Waals surface area contributed by atoms with E-state index in [0.29, 0.717) is 18.9 Å². The number of nitrogens with two attached hydrogens (primary N) is 1. The molecule has 0 amide bonds. The van der Waals surface area contributed by atoms with E-state index in [4.69, 9.17) is 20.3 Å². The van der Waals surface area contributed by atoms with Gasteiger partial charge in [-0.15, -0.1) is 0 Å². The summed E-state index contributed by atoms with van der Waals surface area (Å²) in [6.07, 6.45) is 2.18. The zero-order chi connectivity index (χ0) is 24.0. The number of fused-ring (bicyclic) bond motifs is 1. The van der Waals surface area contributed by atoms with Gasteiger partial charge in [0.1, 0.15) is 18.0 Å². The van der Waals surface area contributed by atoms with Crippen LogP contribution in [0.3, 0.4) is 0 Å². The van der Waals surface area contributed by atoms with Gasteiger partial charge in [-0.05, 0) is 43.7 Å². The van der Waals surface area contributed by atoms with Crippen LogP contribution in [0.1, 0.15) is 50.3 Å². The summed E-state index contributed by atoms with van der Waals surface area (Å²) in [6, 6.07) is 25.2. The maximum absolute atomic E-state index is 12.5. The molecule has 2 N–H and O–H groups in total. The van der Waals surface area contributed by atoms with Crippen LogP contribution in [0.25, 0.3) is 0 Å². The van der Waals surface area contributed by atoms with Crippen LogP contribution >= 0.6 is 0 Å². The van der Waals surface area contributed by atoms with Gasteiger partial charge in [-0.1, -0.05) is 55.8 Å². The Morgan fingerprint density at radius 1 is 0.971 bits per heavy atom. The monoisotopic (exact) mass is 458 g/mol. The lowest BCUT2D eigenvalue weighted by molar-refractivity contribution is -0.151. The van der Waals surface area contributed by atoms with E-state index < -0.39 is 12.1 Å².